The minimum atomic E-state index is -0.313. The van der Waals surface area contributed by atoms with Gasteiger partial charge in [-0.25, -0.2) is 9.79 Å². The number of nitrogens with one attached hydrogen (secondary N) is 2. The molecular formula is C17H17ClN4O2. The van der Waals surface area contributed by atoms with Crippen LogP contribution in [0.5, 0.6) is 0 Å². The molecule has 0 aromatic heterocycles. The van der Waals surface area contributed by atoms with Gasteiger partial charge in [0.25, 0.3) is 6.02 Å². The molecule has 0 fully saturated rings. The standard InChI is InChI=1S/C17H17ClN4O2/c18-12-3-7-14(8-4-12)22-17(23)21-13-5-1-11(2-6-13)9-15-10-24-16(19)20-15/h1-8,15H,9-10H2,(H2,19,20)(H2,21,22,23)/t15-/m0/s1. The fraction of sp³-hybridized carbons (Fsp3) is 0.176. The number of halogens is 1. The minimum Gasteiger partial charge on any atom is -0.463 e. The lowest BCUT2D eigenvalue weighted by molar-refractivity contribution is 0.262. The van der Waals surface area contributed by atoms with Crippen molar-refractivity contribution in [3.05, 3.63) is 59.1 Å². The third-order valence-electron chi connectivity index (χ3n) is 3.52. The molecule has 1 heterocycles. The number of carbonyl (C=O) groups is 1. The molecule has 1 aliphatic heterocycles. The van der Waals surface area contributed by atoms with Crippen molar-refractivity contribution in [2.24, 2.45) is 10.7 Å². The minimum absolute atomic E-state index is 0.0528. The van der Waals surface area contributed by atoms with Crippen molar-refractivity contribution in [3.8, 4) is 0 Å². The van der Waals surface area contributed by atoms with Crippen molar-refractivity contribution >= 4 is 35.0 Å². The number of hydrogen-bond donors (Lipinski definition) is 3. The molecule has 0 radical (unpaired) electrons. The van der Waals surface area contributed by atoms with Gasteiger partial charge in [0, 0.05) is 16.4 Å². The predicted octanol–water partition coefficient (Wildman–Crippen LogP) is 3.24. The van der Waals surface area contributed by atoms with Crippen molar-refractivity contribution < 1.29 is 9.53 Å². The van der Waals surface area contributed by atoms with Crippen LogP contribution in [0.25, 0.3) is 0 Å². The lowest BCUT2D eigenvalue weighted by atomic mass is 10.1. The maximum absolute atomic E-state index is 12.0. The summed E-state index contributed by atoms with van der Waals surface area (Å²) in [6.07, 6.45) is 0.748. The number of anilines is 2. The molecular weight excluding hydrogens is 328 g/mol. The van der Waals surface area contributed by atoms with Crippen LogP contribution in [0.3, 0.4) is 0 Å². The van der Waals surface area contributed by atoms with Gasteiger partial charge in [-0.05, 0) is 48.4 Å². The van der Waals surface area contributed by atoms with Crippen molar-refractivity contribution in [1.82, 2.24) is 0 Å². The van der Waals surface area contributed by atoms with E-state index < -0.39 is 0 Å². The maximum Gasteiger partial charge on any atom is 0.323 e. The van der Waals surface area contributed by atoms with Gasteiger partial charge in [0.05, 0.1) is 6.04 Å². The van der Waals surface area contributed by atoms with Crippen molar-refractivity contribution in [3.63, 3.8) is 0 Å². The first-order chi connectivity index (χ1) is 11.6. The van der Waals surface area contributed by atoms with Crippen molar-refractivity contribution in [2.45, 2.75) is 12.5 Å². The molecule has 124 valence electrons. The van der Waals surface area contributed by atoms with Crippen LogP contribution in [0.2, 0.25) is 5.02 Å². The van der Waals surface area contributed by atoms with E-state index in [0.717, 1.165) is 12.0 Å². The highest BCUT2D eigenvalue weighted by Crippen LogP contribution is 2.16. The lowest BCUT2D eigenvalue weighted by Crippen LogP contribution is -2.19. The fourth-order valence-electron chi connectivity index (χ4n) is 2.36. The van der Waals surface area contributed by atoms with Gasteiger partial charge in [-0.3, -0.25) is 0 Å². The number of aliphatic imine (C=N–C) groups is 1. The Morgan fingerprint density at radius 2 is 1.71 bits per heavy atom. The normalized spacial score (nSPS) is 16.2. The largest absolute Gasteiger partial charge is 0.463 e. The number of nitrogens with two attached hydrogens (primary N) is 1. The van der Waals surface area contributed by atoms with Crippen LogP contribution >= 0.6 is 11.6 Å². The van der Waals surface area contributed by atoms with Gasteiger partial charge in [0.2, 0.25) is 0 Å². The molecule has 1 aliphatic rings. The molecule has 0 unspecified atom stereocenters. The molecule has 3 rings (SSSR count). The van der Waals surface area contributed by atoms with E-state index in [1.807, 2.05) is 24.3 Å². The molecule has 24 heavy (non-hydrogen) atoms. The molecule has 0 spiro atoms. The molecule has 0 aliphatic carbocycles. The maximum atomic E-state index is 12.0. The van der Waals surface area contributed by atoms with E-state index in [4.69, 9.17) is 22.1 Å². The number of amidine groups is 1. The number of benzene rings is 2. The van der Waals surface area contributed by atoms with Crippen LogP contribution in [0, 0.1) is 0 Å². The first kappa shape index (κ1) is 16.1. The topological polar surface area (TPSA) is 88.7 Å². The first-order valence-electron chi connectivity index (χ1n) is 7.47. The Balaban J connectivity index is 1.53. The smallest absolute Gasteiger partial charge is 0.323 e. The number of ether oxygens (including phenoxy) is 1. The van der Waals surface area contributed by atoms with Crippen LogP contribution < -0.4 is 16.4 Å². The van der Waals surface area contributed by atoms with Crippen LogP contribution in [-0.2, 0) is 11.2 Å². The molecule has 6 nitrogen and oxygen atoms in total. The fourth-order valence-corrected chi connectivity index (χ4v) is 2.49. The lowest BCUT2D eigenvalue weighted by Gasteiger charge is -2.09. The summed E-state index contributed by atoms with van der Waals surface area (Å²) in [5, 5.41) is 6.14. The number of nitrogens with zero attached hydrogens (tertiary/aromatic N) is 1. The molecule has 2 aromatic rings. The molecule has 2 aromatic carbocycles. The highest BCUT2D eigenvalue weighted by atomic mass is 35.5. The van der Waals surface area contributed by atoms with E-state index >= 15 is 0 Å². The molecule has 2 amide bonds. The van der Waals surface area contributed by atoms with Crippen LogP contribution in [0.1, 0.15) is 5.56 Å². The summed E-state index contributed by atoms with van der Waals surface area (Å²) in [4.78, 5) is 16.2. The quantitative estimate of drug-likeness (QED) is 0.795. The van der Waals surface area contributed by atoms with E-state index in [9.17, 15) is 4.79 Å². The molecule has 1 atom stereocenters. The van der Waals surface area contributed by atoms with E-state index in [2.05, 4.69) is 15.6 Å². The van der Waals surface area contributed by atoms with Gasteiger partial charge in [-0.1, -0.05) is 23.7 Å². The van der Waals surface area contributed by atoms with Crippen molar-refractivity contribution in [1.29, 1.82) is 0 Å². The second kappa shape index (κ2) is 7.23. The molecule has 0 bridgehead atoms. The zero-order chi connectivity index (χ0) is 16.9. The average Bonchev–Trinajstić information content (AvgIpc) is 2.96. The number of carbonyl (C=O) groups excluding carboxylic acids is 1. The second-order valence-electron chi connectivity index (χ2n) is 5.42. The number of amides is 2. The molecule has 0 saturated carbocycles. The Kier molecular flexibility index (Phi) is 4.86. The first-order valence-corrected chi connectivity index (χ1v) is 7.85. The van der Waals surface area contributed by atoms with E-state index in [-0.39, 0.29) is 18.1 Å². The molecule has 0 saturated heterocycles. The van der Waals surface area contributed by atoms with E-state index in [1.165, 1.54) is 0 Å². The van der Waals surface area contributed by atoms with Gasteiger partial charge < -0.3 is 21.1 Å². The third kappa shape index (κ3) is 4.39. The summed E-state index contributed by atoms with van der Waals surface area (Å²) in [6, 6.07) is 14.5. The summed E-state index contributed by atoms with van der Waals surface area (Å²) >= 11 is 5.81. The van der Waals surface area contributed by atoms with Gasteiger partial charge in [-0.15, -0.1) is 0 Å². The van der Waals surface area contributed by atoms with Crippen LogP contribution in [0.4, 0.5) is 16.2 Å². The monoisotopic (exact) mass is 344 g/mol. The van der Waals surface area contributed by atoms with Crippen LogP contribution in [0.15, 0.2) is 53.5 Å². The average molecular weight is 345 g/mol. The summed E-state index contributed by atoms with van der Waals surface area (Å²) in [5.41, 5.74) is 7.97. The highest BCUT2D eigenvalue weighted by molar-refractivity contribution is 6.30. The highest BCUT2D eigenvalue weighted by Gasteiger charge is 2.16. The zero-order valence-electron chi connectivity index (χ0n) is 12.8. The van der Waals surface area contributed by atoms with E-state index in [0.29, 0.717) is 23.0 Å². The van der Waals surface area contributed by atoms with Crippen LogP contribution in [-0.4, -0.2) is 24.7 Å². The van der Waals surface area contributed by atoms with E-state index in [1.54, 1.807) is 24.3 Å². The van der Waals surface area contributed by atoms with Gasteiger partial charge in [0.1, 0.15) is 6.61 Å². The Bertz CT molecular complexity index is 744. The number of urea groups is 1. The van der Waals surface area contributed by atoms with Gasteiger partial charge >= 0.3 is 6.03 Å². The Morgan fingerprint density at radius 3 is 2.25 bits per heavy atom. The van der Waals surface area contributed by atoms with Gasteiger partial charge in [0.15, 0.2) is 0 Å². The summed E-state index contributed by atoms with van der Waals surface area (Å²) in [6.45, 7) is 0.509. The predicted molar refractivity (Wildman–Crippen MR) is 95.6 cm³/mol. The third-order valence-corrected chi connectivity index (χ3v) is 3.77. The molecule has 4 N–H and O–H groups in total. The molecule has 7 heteroatoms. The second-order valence-corrected chi connectivity index (χ2v) is 5.86. The summed E-state index contributed by atoms with van der Waals surface area (Å²) < 4.78 is 5.13. The Hall–Kier alpha value is -2.73. The number of hydrogen-bond acceptors (Lipinski definition) is 4. The Labute approximate surface area is 144 Å². The van der Waals surface area contributed by atoms with Gasteiger partial charge in [-0.2, -0.15) is 0 Å². The summed E-state index contributed by atoms with van der Waals surface area (Å²) in [5.74, 6) is 0. The SMILES string of the molecule is NC1=N[C@@H](Cc2ccc(NC(=O)Nc3ccc(Cl)cc3)cc2)CO1. The zero-order valence-corrected chi connectivity index (χ0v) is 13.6. The van der Waals surface area contributed by atoms with Crippen molar-refractivity contribution in [2.75, 3.05) is 17.2 Å². The summed E-state index contributed by atoms with van der Waals surface area (Å²) in [7, 11) is 0. The Morgan fingerprint density at radius 1 is 1.12 bits per heavy atom. The number of rotatable bonds is 4.